The van der Waals surface area contributed by atoms with E-state index in [0.717, 1.165) is 36.8 Å². The normalized spacial score (nSPS) is 11.6. The molecular weight excluding hydrogens is 215 g/mol. The summed E-state index contributed by atoms with van der Waals surface area (Å²) in [6, 6.07) is 6.21. The summed E-state index contributed by atoms with van der Waals surface area (Å²) >= 11 is 0. The molecule has 0 fully saturated rings. The maximum Gasteiger partial charge on any atom is 0.155 e. The number of hydrogen-bond donors (Lipinski definition) is 0. The fraction of sp³-hybridized carbons (Fsp3) is 0.400. The molecule has 1 aromatic rings. The summed E-state index contributed by atoms with van der Waals surface area (Å²) < 4.78 is 12.7. The van der Waals surface area contributed by atoms with Crippen molar-refractivity contribution in [3.63, 3.8) is 0 Å². The Hall–Kier alpha value is -1.44. The van der Waals surface area contributed by atoms with Crippen LogP contribution in [0.1, 0.15) is 45.1 Å². The van der Waals surface area contributed by atoms with Crippen molar-refractivity contribution in [2.24, 2.45) is 0 Å². The van der Waals surface area contributed by atoms with Crippen LogP contribution < -0.4 is 0 Å². The minimum atomic E-state index is -0.252. The van der Waals surface area contributed by atoms with Crippen molar-refractivity contribution in [3.8, 4) is 0 Å². The molecular formula is C15H19FO. The van der Waals surface area contributed by atoms with E-state index in [1.807, 2.05) is 6.08 Å². The number of hydrogen-bond acceptors (Lipinski definition) is 1. The van der Waals surface area contributed by atoms with E-state index < -0.39 is 0 Å². The molecule has 92 valence electrons. The van der Waals surface area contributed by atoms with Gasteiger partial charge in [0.15, 0.2) is 5.78 Å². The van der Waals surface area contributed by atoms with Gasteiger partial charge in [0.25, 0.3) is 0 Å². The van der Waals surface area contributed by atoms with Crippen LogP contribution in [0.3, 0.4) is 0 Å². The van der Waals surface area contributed by atoms with Crippen molar-refractivity contribution >= 4 is 11.9 Å². The van der Waals surface area contributed by atoms with E-state index in [1.54, 1.807) is 19.1 Å². The average Bonchev–Trinajstić information content (AvgIpc) is 2.30. The molecule has 1 aromatic carbocycles. The Kier molecular flexibility index (Phi) is 5.61. The molecule has 2 heteroatoms. The quantitative estimate of drug-likeness (QED) is 0.527. The Labute approximate surface area is 102 Å². The molecule has 0 bridgehead atoms. The van der Waals surface area contributed by atoms with Crippen molar-refractivity contribution < 1.29 is 9.18 Å². The predicted octanol–water partition coefficient (Wildman–Crippen LogP) is 4.38. The number of Topliss-reactive ketones (excluding diaryl/α,β-unsaturated/α-hetero) is 1. The highest BCUT2D eigenvalue weighted by molar-refractivity contribution is 5.97. The molecule has 0 N–H and O–H groups in total. The van der Waals surface area contributed by atoms with E-state index in [-0.39, 0.29) is 11.6 Å². The number of benzene rings is 1. The monoisotopic (exact) mass is 234 g/mol. The summed E-state index contributed by atoms with van der Waals surface area (Å²) in [6.07, 6.45) is 5.97. The van der Waals surface area contributed by atoms with Gasteiger partial charge in [0.1, 0.15) is 5.82 Å². The van der Waals surface area contributed by atoms with Crippen LogP contribution in [0.2, 0.25) is 0 Å². The summed E-state index contributed by atoms with van der Waals surface area (Å²) in [4.78, 5) is 11.5. The van der Waals surface area contributed by atoms with Crippen LogP contribution in [0.25, 0.3) is 6.08 Å². The van der Waals surface area contributed by atoms with Crippen LogP contribution in [0.5, 0.6) is 0 Å². The van der Waals surface area contributed by atoms with E-state index in [2.05, 4.69) is 6.92 Å². The van der Waals surface area contributed by atoms with E-state index >= 15 is 0 Å². The van der Waals surface area contributed by atoms with Crippen LogP contribution in [0.4, 0.5) is 4.39 Å². The molecule has 0 heterocycles. The van der Waals surface area contributed by atoms with E-state index in [4.69, 9.17) is 0 Å². The van der Waals surface area contributed by atoms with Crippen LogP contribution >= 0.6 is 0 Å². The third kappa shape index (κ3) is 4.94. The van der Waals surface area contributed by atoms with Crippen molar-refractivity contribution in [3.05, 3.63) is 41.2 Å². The zero-order valence-corrected chi connectivity index (χ0v) is 10.5. The standard InChI is InChI=1S/C15H19FO/c1-3-4-5-6-14(12(2)17)11-13-7-9-15(16)10-8-13/h7-11H,3-6H2,1-2H3. The van der Waals surface area contributed by atoms with Crippen molar-refractivity contribution in [2.75, 3.05) is 0 Å². The summed E-state index contributed by atoms with van der Waals surface area (Å²) in [5.41, 5.74) is 1.71. The Bertz CT molecular complexity index is 390. The first-order valence-electron chi connectivity index (χ1n) is 6.10. The maximum atomic E-state index is 12.7. The van der Waals surface area contributed by atoms with Gasteiger partial charge in [-0.15, -0.1) is 0 Å². The molecule has 0 saturated heterocycles. The minimum absolute atomic E-state index is 0.102. The largest absolute Gasteiger partial charge is 0.295 e. The predicted molar refractivity (Wildman–Crippen MR) is 69.2 cm³/mol. The van der Waals surface area contributed by atoms with E-state index in [1.165, 1.54) is 12.1 Å². The van der Waals surface area contributed by atoms with Crippen molar-refractivity contribution in [1.29, 1.82) is 0 Å². The lowest BCUT2D eigenvalue weighted by Crippen LogP contribution is -1.96. The summed E-state index contributed by atoms with van der Waals surface area (Å²) in [7, 11) is 0. The summed E-state index contributed by atoms with van der Waals surface area (Å²) in [5.74, 6) is -0.150. The fourth-order valence-electron chi connectivity index (χ4n) is 1.68. The van der Waals surface area contributed by atoms with Crippen LogP contribution in [0, 0.1) is 5.82 Å². The van der Waals surface area contributed by atoms with E-state index in [0.29, 0.717) is 0 Å². The SMILES string of the molecule is CCCCCC(=Cc1ccc(F)cc1)C(C)=O. The minimum Gasteiger partial charge on any atom is -0.295 e. The second kappa shape index (κ2) is 7.00. The van der Waals surface area contributed by atoms with Crippen LogP contribution in [0.15, 0.2) is 29.8 Å². The second-order valence-electron chi connectivity index (χ2n) is 4.23. The van der Waals surface area contributed by atoms with Gasteiger partial charge in [-0.3, -0.25) is 4.79 Å². The van der Waals surface area contributed by atoms with Crippen molar-refractivity contribution in [1.82, 2.24) is 0 Å². The lowest BCUT2D eigenvalue weighted by Gasteiger charge is -2.03. The Balaban J connectivity index is 2.75. The zero-order chi connectivity index (χ0) is 12.7. The number of carbonyl (C=O) groups excluding carboxylic acids is 1. The number of ketones is 1. The van der Waals surface area contributed by atoms with Gasteiger partial charge in [-0.05, 0) is 49.1 Å². The molecule has 1 rings (SSSR count). The first kappa shape index (κ1) is 13.6. The molecule has 0 atom stereocenters. The number of rotatable bonds is 6. The second-order valence-corrected chi connectivity index (χ2v) is 4.23. The van der Waals surface area contributed by atoms with Gasteiger partial charge < -0.3 is 0 Å². The molecule has 0 aliphatic rings. The molecule has 0 aliphatic heterocycles. The van der Waals surface area contributed by atoms with Gasteiger partial charge >= 0.3 is 0 Å². The lowest BCUT2D eigenvalue weighted by molar-refractivity contribution is -0.113. The molecule has 17 heavy (non-hydrogen) atoms. The Morgan fingerprint density at radius 1 is 1.24 bits per heavy atom. The first-order valence-corrected chi connectivity index (χ1v) is 6.10. The lowest BCUT2D eigenvalue weighted by atomic mass is 10.0. The highest BCUT2D eigenvalue weighted by Crippen LogP contribution is 2.15. The molecule has 1 nitrogen and oxygen atoms in total. The summed E-state index contributed by atoms with van der Waals surface area (Å²) in [6.45, 7) is 3.72. The zero-order valence-electron chi connectivity index (χ0n) is 10.5. The van der Waals surface area contributed by atoms with Gasteiger partial charge in [-0.1, -0.05) is 31.9 Å². The topological polar surface area (TPSA) is 17.1 Å². The molecule has 0 unspecified atom stereocenters. The number of halogens is 1. The van der Waals surface area contributed by atoms with E-state index in [9.17, 15) is 9.18 Å². The first-order chi connectivity index (χ1) is 8.13. The molecule has 0 aromatic heterocycles. The molecule has 0 amide bonds. The maximum absolute atomic E-state index is 12.7. The average molecular weight is 234 g/mol. The summed E-state index contributed by atoms with van der Waals surface area (Å²) in [5, 5.41) is 0. The molecule has 0 saturated carbocycles. The third-order valence-electron chi connectivity index (χ3n) is 2.71. The molecule has 0 radical (unpaired) electrons. The van der Waals surface area contributed by atoms with Gasteiger partial charge in [0, 0.05) is 0 Å². The number of carbonyl (C=O) groups is 1. The van der Waals surface area contributed by atoms with Gasteiger partial charge in [0.2, 0.25) is 0 Å². The Morgan fingerprint density at radius 2 is 1.88 bits per heavy atom. The Morgan fingerprint density at radius 3 is 2.41 bits per heavy atom. The smallest absolute Gasteiger partial charge is 0.155 e. The number of unbranched alkanes of at least 4 members (excludes halogenated alkanes) is 2. The van der Waals surface area contributed by atoms with Crippen LogP contribution in [-0.4, -0.2) is 5.78 Å². The third-order valence-corrected chi connectivity index (χ3v) is 2.71. The van der Waals surface area contributed by atoms with Crippen molar-refractivity contribution in [2.45, 2.75) is 39.5 Å². The molecule has 0 aliphatic carbocycles. The highest BCUT2D eigenvalue weighted by Gasteiger charge is 2.03. The van der Waals surface area contributed by atoms with Gasteiger partial charge in [-0.25, -0.2) is 4.39 Å². The molecule has 0 spiro atoms. The highest BCUT2D eigenvalue weighted by atomic mass is 19.1. The fourth-order valence-corrected chi connectivity index (χ4v) is 1.68. The van der Waals surface area contributed by atoms with Gasteiger partial charge in [0.05, 0.1) is 0 Å². The van der Waals surface area contributed by atoms with Gasteiger partial charge in [-0.2, -0.15) is 0 Å². The number of allylic oxidation sites excluding steroid dienone is 1. The van der Waals surface area contributed by atoms with Crippen LogP contribution in [-0.2, 0) is 4.79 Å².